The Morgan fingerprint density at radius 3 is 2.44 bits per heavy atom. The molecule has 0 N–H and O–H groups in total. The molecule has 86 valence electrons. The molecule has 1 heterocycles. The van der Waals surface area contributed by atoms with Crippen molar-refractivity contribution in [1.82, 2.24) is 4.90 Å². The number of nitrogens with zero attached hydrogens (tertiary/aromatic N) is 1. The van der Waals surface area contributed by atoms with Gasteiger partial charge in [-0.25, -0.2) is 4.39 Å². The first-order chi connectivity index (χ1) is 7.75. The molecular weight excluding hydrogens is 205 g/mol. The Kier molecular flexibility index (Phi) is 3.67. The lowest BCUT2D eigenvalue weighted by molar-refractivity contribution is 0.0969. The van der Waals surface area contributed by atoms with E-state index in [9.17, 15) is 9.18 Å². The van der Waals surface area contributed by atoms with E-state index in [-0.39, 0.29) is 11.6 Å². The van der Waals surface area contributed by atoms with Crippen molar-refractivity contribution < 1.29 is 9.18 Å². The third kappa shape index (κ3) is 2.89. The van der Waals surface area contributed by atoms with Crippen molar-refractivity contribution in [3.8, 4) is 0 Å². The molecule has 0 aromatic heterocycles. The van der Waals surface area contributed by atoms with Crippen molar-refractivity contribution in [2.24, 2.45) is 0 Å². The van der Waals surface area contributed by atoms with Crippen LogP contribution in [0.25, 0.3) is 0 Å². The third-order valence-electron chi connectivity index (χ3n) is 3.02. The molecule has 1 aromatic carbocycles. The van der Waals surface area contributed by atoms with Gasteiger partial charge in [-0.1, -0.05) is 0 Å². The number of rotatable bonds is 4. The molecule has 0 unspecified atom stereocenters. The Hall–Kier alpha value is -1.22. The number of hydrogen-bond acceptors (Lipinski definition) is 2. The molecule has 0 radical (unpaired) electrons. The van der Waals surface area contributed by atoms with Crippen LogP contribution in [0.4, 0.5) is 4.39 Å². The minimum Gasteiger partial charge on any atom is -0.303 e. The Labute approximate surface area is 95.1 Å². The summed E-state index contributed by atoms with van der Waals surface area (Å²) >= 11 is 0. The van der Waals surface area contributed by atoms with Crippen LogP contribution in [0.15, 0.2) is 24.3 Å². The van der Waals surface area contributed by atoms with E-state index in [0.29, 0.717) is 12.0 Å². The van der Waals surface area contributed by atoms with Crippen LogP contribution in [-0.4, -0.2) is 30.3 Å². The Bertz CT molecular complexity index is 355. The molecule has 1 saturated heterocycles. The maximum absolute atomic E-state index is 12.7. The van der Waals surface area contributed by atoms with Crippen LogP contribution in [-0.2, 0) is 0 Å². The van der Waals surface area contributed by atoms with Gasteiger partial charge in [0, 0.05) is 18.5 Å². The molecule has 0 atom stereocenters. The molecule has 0 amide bonds. The molecule has 0 aliphatic carbocycles. The number of hydrogen-bond donors (Lipinski definition) is 0. The van der Waals surface area contributed by atoms with Gasteiger partial charge in [-0.2, -0.15) is 0 Å². The van der Waals surface area contributed by atoms with E-state index in [1.165, 1.54) is 25.0 Å². The Balaban J connectivity index is 1.85. The van der Waals surface area contributed by atoms with Gasteiger partial charge in [0.15, 0.2) is 5.78 Å². The molecular formula is C13H16FNO. The highest BCUT2D eigenvalue weighted by molar-refractivity contribution is 5.96. The van der Waals surface area contributed by atoms with Gasteiger partial charge in [0.05, 0.1) is 0 Å². The number of carbonyl (C=O) groups is 1. The first kappa shape index (κ1) is 11.3. The largest absolute Gasteiger partial charge is 0.303 e. The second-order valence-electron chi connectivity index (χ2n) is 4.23. The number of halogens is 1. The molecule has 0 saturated carbocycles. The average Bonchev–Trinajstić information content (AvgIpc) is 2.80. The maximum Gasteiger partial charge on any atom is 0.164 e. The minimum atomic E-state index is -0.295. The van der Waals surface area contributed by atoms with E-state index in [1.807, 2.05) is 0 Å². The lowest BCUT2D eigenvalue weighted by Gasteiger charge is -2.13. The Morgan fingerprint density at radius 1 is 1.19 bits per heavy atom. The summed E-state index contributed by atoms with van der Waals surface area (Å²) in [5.74, 6) is -0.192. The lowest BCUT2D eigenvalue weighted by atomic mass is 10.1. The molecule has 16 heavy (non-hydrogen) atoms. The normalized spacial score (nSPS) is 16.6. The van der Waals surface area contributed by atoms with Crippen molar-refractivity contribution >= 4 is 5.78 Å². The summed E-state index contributed by atoms with van der Waals surface area (Å²) in [4.78, 5) is 14.1. The summed E-state index contributed by atoms with van der Waals surface area (Å²) in [5.41, 5.74) is 0.612. The highest BCUT2D eigenvalue weighted by Gasteiger charge is 2.13. The highest BCUT2D eigenvalue weighted by Crippen LogP contribution is 2.10. The predicted molar refractivity (Wildman–Crippen MR) is 61.0 cm³/mol. The predicted octanol–water partition coefficient (Wildman–Crippen LogP) is 2.49. The summed E-state index contributed by atoms with van der Waals surface area (Å²) < 4.78 is 12.7. The van der Waals surface area contributed by atoms with Crippen molar-refractivity contribution in [3.63, 3.8) is 0 Å². The lowest BCUT2D eigenvalue weighted by Crippen LogP contribution is -2.22. The second-order valence-corrected chi connectivity index (χ2v) is 4.23. The number of likely N-dealkylation sites (tertiary alicyclic amines) is 1. The van der Waals surface area contributed by atoms with E-state index in [2.05, 4.69) is 4.90 Å². The van der Waals surface area contributed by atoms with Gasteiger partial charge in [-0.15, -0.1) is 0 Å². The van der Waals surface area contributed by atoms with Gasteiger partial charge in [-0.05, 0) is 50.2 Å². The number of carbonyl (C=O) groups excluding carboxylic acids is 1. The van der Waals surface area contributed by atoms with Crippen molar-refractivity contribution in [1.29, 1.82) is 0 Å². The van der Waals surface area contributed by atoms with Crippen LogP contribution in [0, 0.1) is 5.82 Å². The average molecular weight is 221 g/mol. The molecule has 1 aromatic rings. The fraction of sp³-hybridized carbons (Fsp3) is 0.462. The first-order valence-corrected chi connectivity index (χ1v) is 5.77. The summed E-state index contributed by atoms with van der Waals surface area (Å²) in [6.07, 6.45) is 3.01. The first-order valence-electron chi connectivity index (χ1n) is 5.77. The number of ketones is 1. The monoisotopic (exact) mass is 221 g/mol. The molecule has 2 rings (SSSR count). The van der Waals surface area contributed by atoms with Crippen molar-refractivity contribution in [3.05, 3.63) is 35.6 Å². The van der Waals surface area contributed by atoms with Crippen molar-refractivity contribution in [2.75, 3.05) is 19.6 Å². The van der Waals surface area contributed by atoms with E-state index in [4.69, 9.17) is 0 Å². The van der Waals surface area contributed by atoms with E-state index in [1.54, 1.807) is 12.1 Å². The van der Waals surface area contributed by atoms with Gasteiger partial charge in [0.25, 0.3) is 0 Å². The van der Waals surface area contributed by atoms with Crippen LogP contribution in [0.1, 0.15) is 29.6 Å². The zero-order chi connectivity index (χ0) is 11.4. The zero-order valence-electron chi connectivity index (χ0n) is 9.29. The van der Waals surface area contributed by atoms with Crippen LogP contribution in [0.2, 0.25) is 0 Å². The zero-order valence-corrected chi connectivity index (χ0v) is 9.29. The molecule has 1 fully saturated rings. The van der Waals surface area contributed by atoms with Gasteiger partial charge in [0.2, 0.25) is 0 Å². The summed E-state index contributed by atoms with van der Waals surface area (Å²) in [6.45, 7) is 3.05. The van der Waals surface area contributed by atoms with Gasteiger partial charge in [-0.3, -0.25) is 4.79 Å². The van der Waals surface area contributed by atoms with Crippen LogP contribution >= 0.6 is 0 Å². The molecule has 2 nitrogen and oxygen atoms in total. The molecule has 3 heteroatoms. The smallest absolute Gasteiger partial charge is 0.164 e. The van der Waals surface area contributed by atoms with E-state index < -0.39 is 0 Å². The quantitative estimate of drug-likeness (QED) is 0.728. The maximum atomic E-state index is 12.7. The molecule has 0 spiro atoms. The van der Waals surface area contributed by atoms with Crippen molar-refractivity contribution in [2.45, 2.75) is 19.3 Å². The Morgan fingerprint density at radius 2 is 1.81 bits per heavy atom. The summed E-state index contributed by atoms with van der Waals surface area (Å²) in [6, 6.07) is 5.79. The fourth-order valence-corrected chi connectivity index (χ4v) is 2.05. The third-order valence-corrected chi connectivity index (χ3v) is 3.02. The van der Waals surface area contributed by atoms with Gasteiger partial charge >= 0.3 is 0 Å². The second kappa shape index (κ2) is 5.21. The summed E-state index contributed by atoms with van der Waals surface area (Å²) in [5, 5.41) is 0. The van der Waals surface area contributed by atoms with E-state index in [0.717, 1.165) is 19.6 Å². The highest BCUT2D eigenvalue weighted by atomic mass is 19.1. The standard InChI is InChI=1S/C13H16FNO/c14-12-5-3-11(4-6-12)13(16)7-10-15-8-1-2-9-15/h3-6H,1-2,7-10H2. The minimum absolute atomic E-state index is 0.104. The number of benzene rings is 1. The van der Waals surface area contributed by atoms with Crippen LogP contribution in [0.3, 0.4) is 0 Å². The molecule has 1 aliphatic heterocycles. The van der Waals surface area contributed by atoms with Crippen LogP contribution < -0.4 is 0 Å². The topological polar surface area (TPSA) is 20.3 Å². The van der Waals surface area contributed by atoms with E-state index >= 15 is 0 Å². The number of Topliss-reactive ketones (excluding diaryl/α,β-unsaturated/α-hetero) is 1. The fourth-order valence-electron chi connectivity index (χ4n) is 2.05. The van der Waals surface area contributed by atoms with Crippen LogP contribution in [0.5, 0.6) is 0 Å². The molecule has 1 aliphatic rings. The van der Waals surface area contributed by atoms with Gasteiger partial charge in [0.1, 0.15) is 5.82 Å². The molecule has 0 bridgehead atoms. The van der Waals surface area contributed by atoms with Gasteiger partial charge < -0.3 is 4.90 Å². The summed E-state index contributed by atoms with van der Waals surface area (Å²) in [7, 11) is 0. The SMILES string of the molecule is O=C(CCN1CCCC1)c1ccc(F)cc1.